The van der Waals surface area contributed by atoms with Gasteiger partial charge in [-0.2, -0.15) is 5.10 Å². The largest absolute Gasteiger partial charge is 0.349 e. The lowest BCUT2D eigenvalue weighted by atomic mass is 10.2. The molecule has 2 N–H and O–H groups in total. The van der Waals surface area contributed by atoms with E-state index in [1.54, 1.807) is 11.3 Å². The molecule has 7 heteroatoms. The van der Waals surface area contributed by atoms with E-state index in [4.69, 9.17) is 0 Å². The Bertz CT molecular complexity index is 601. The number of carbonyl (C=O) groups excluding carboxylic acids is 1. The van der Waals surface area contributed by atoms with Crippen molar-refractivity contribution in [2.75, 3.05) is 20.6 Å². The van der Waals surface area contributed by atoms with Crippen molar-refractivity contribution in [3.05, 3.63) is 50.6 Å². The van der Waals surface area contributed by atoms with Gasteiger partial charge in [0.15, 0.2) is 0 Å². The van der Waals surface area contributed by atoms with E-state index < -0.39 is 0 Å². The Hall–Kier alpha value is -1.99. The lowest BCUT2D eigenvalue weighted by Gasteiger charge is -2.23. The first-order chi connectivity index (χ1) is 9.58. The molecule has 2 aromatic heterocycles. The molecule has 6 nitrogen and oxygen atoms in total. The van der Waals surface area contributed by atoms with Crippen LogP contribution in [-0.2, 0) is 0 Å². The fraction of sp³-hybridized carbons (Fsp3) is 0.308. The molecule has 0 bridgehead atoms. The summed E-state index contributed by atoms with van der Waals surface area (Å²) in [5.74, 6) is -0.301. The van der Waals surface area contributed by atoms with Crippen LogP contribution in [0.25, 0.3) is 0 Å². The molecule has 0 spiro atoms. The van der Waals surface area contributed by atoms with E-state index >= 15 is 0 Å². The number of nitrogens with one attached hydrogen (secondary N) is 2. The molecular formula is C13H16N4O2S. The maximum absolute atomic E-state index is 11.9. The molecule has 2 rings (SSSR count). The molecule has 0 fully saturated rings. The Morgan fingerprint density at radius 3 is 2.80 bits per heavy atom. The van der Waals surface area contributed by atoms with Gasteiger partial charge in [0.2, 0.25) is 0 Å². The molecule has 0 radical (unpaired) electrons. The Labute approximate surface area is 120 Å². The Morgan fingerprint density at radius 2 is 2.25 bits per heavy atom. The van der Waals surface area contributed by atoms with E-state index in [0.29, 0.717) is 6.54 Å². The maximum atomic E-state index is 11.9. The third-order valence-electron chi connectivity index (χ3n) is 2.86. The van der Waals surface area contributed by atoms with Crippen LogP contribution < -0.4 is 10.9 Å². The second kappa shape index (κ2) is 6.44. The van der Waals surface area contributed by atoms with Gasteiger partial charge in [0.05, 0.1) is 6.04 Å². The molecule has 0 aliphatic rings. The van der Waals surface area contributed by atoms with Gasteiger partial charge in [-0.25, -0.2) is 5.10 Å². The number of thiophene rings is 1. The summed E-state index contributed by atoms with van der Waals surface area (Å²) in [5, 5.41) is 10.8. The number of amides is 1. The van der Waals surface area contributed by atoms with Crippen LogP contribution in [0.15, 0.2) is 34.4 Å². The zero-order chi connectivity index (χ0) is 14.5. The first-order valence-corrected chi connectivity index (χ1v) is 6.99. The first kappa shape index (κ1) is 14.4. The number of hydrogen-bond donors (Lipinski definition) is 2. The minimum atomic E-state index is -0.327. The van der Waals surface area contributed by atoms with E-state index in [1.165, 1.54) is 17.0 Å². The standard InChI is InChI=1S/C13H16N4O2S/c1-17(2)10(11-4-3-7-20-11)8-14-13(19)9-5-6-12(18)16-15-9/h3-7,10H,8H2,1-2H3,(H,14,19)(H,16,18)/t10-/m1/s1. The number of rotatable bonds is 5. The Morgan fingerprint density at radius 1 is 1.45 bits per heavy atom. The van der Waals surface area contributed by atoms with Gasteiger partial charge in [0, 0.05) is 17.5 Å². The van der Waals surface area contributed by atoms with Crippen LogP contribution >= 0.6 is 11.3 Å². The normalized spacial score (nSPS) is 12.3. The quantitative estimate of drug-likeness (QED) is 0.857. The zero-order valence-electron chi connectivity index (χ0n) is 11.3. The van der Waals surface area contributed by atoms with Gasteiger partial charge < -0.3 is 10.2 Å². The number of carbonyl (C=O) groups is 1. The van der Waals surface area contributed by atoms with Crippen LogP contribution in [0.5, 0.6) is 0 Å². The molecule has 0 aliphatic carbocycles. The van der Waals surface area contributed by atoms with Crippen LogP contribution in [-0.4, -0.2) is 41.6 Å². The van der Waals surface area contributed by atoms with Crippen molar-refractivity contribution < 1.29 is 4.79 Å². The van der Waals surface area contributed by atoms with Crippen molar-refractivity contribution in [1.82, 2.24) is 20.4 Å². The van der Waals surface area contributed by atoms with E-state index in [9.17, 15) is 9.59 Å². The smallest absolute Gasteiger partial charge is 0.271 e. The predicted molar refractivity (Wildman–Crippen MR) is 77.9 cm³/mol. The van der Waals surface area contributed by atoms with E-state index in [-0.39, 0.29) is 23.2 Å². The minimum Gasteiger partial charge on any atom is -0.349 e. The molecule has 106 valence electrons. The molecule has 2 heterocycles. The number of aromatic amines is 1. The molecule has 1 atom stereocenters. The summed E-state index contributed by atoms with van der Waals surface area (Å²) in [6.07, 6.45) is 0. The van der Waals surface area contributed by atoms with Crippen molar-refractivity contribution in [2.24, 2.45) is 0 Å². The number of nitrogens with zero attached hydrogens (tertiary/aromatic N) is 2. The van der Waals surface area contributed by atoms with E-state index in [1.807, 2.05) is 36.5 Å². The van der Waals surface area contributed by atoms with Gasteiger partial charge in [-0.15, -0.1) is 11.3 Å². The molecule has 2 aromatic rings. The average molecular weight is 292 g/mol. The van der Waals surface area contributed by atoms with E-state index in [2.05, 4.69) is 15.5 Å². The third kappa shape index (κ3) is 3.52. The molecule has 0 saturated carbocycles. The lowest BCUT2D eigenvalue weighted by Crippen LogP contribution is -2.34. The maximum Gasteiger partial charge on any atom is 0.271 e. The number of hydrogen-bond acceptors (Lipinski definition) is 5. The fourth-order valence-electron chi connectivity index (χ4n) is 1.77. The van der Waals surface area contributed by atoms with Crippen molar-refractivity contribution in [1.29, 1.82) is 0 Å². The fourth-order valence-corrected chi connectivity index (χ4v) is 2.69. The van der Waals surface area contributed by atoms with E-state index in [0.717, 1.165) is 0 Å². The minimum absolute atomic E-state index is 0.113. The average Bonchev–Trinajstić information content (AvgIpc) is 2.93. The highest BCUT2D eigenvalue weighted by Crippen LogP contribution is 2.22. The summed E-state index contributed by atoms with van der Waals surface area (Å²) in [6, 6.07) is 6.83. The Balaban J connectivity index is 2.01. The predicted octanol–water partition coefficient (Wildman–Crippen LogP) is 0.864. The number of aromatic nitrogens is 2. The van der Waals surface area contributed by atoms with Crippen LogP contribution in [0.3, 0.4) is 0 Å². The van der Waals surface area contributed by atoms with Crippen molar-refractivity contribution in [3.8, 4) is 0 Å². The first-order valence-electron chi connectivity index (χ1n) is 6.11. The van der Waals surface area contributed by atoms with Gasteiger partial charge in [0.25, 0.3) is 11.5 Å². The third-order valence-corrected chi connectivity index (χ3v) is 3.84. The molecular weight excluding hydrogens is 276 g/mol. The van der Waals surface area contributed by atoms with Crippen LogP contribution in [0.2, 0.25) is 0 Å². The van der Waals surface area contributed by atoms with Crippen molar-refractivity contribution in [2.45, 2.75) is 6.04 Å². The Kier molecular flexibility index (Phi) is 4.65. The summed E-state index contributed by atoms with van der Waals surface area (Å²) in [7, 11) is 3.93. The number of H-pyrrole nitrogens is 1. The highest BCUT2D eigenvalue weighted by Gasteiger charge is 2.17. The van der Waals surface area contributed by atoms with Crippen LogP contribution in [0.4, 0.5) is 0 Å². The lowest BCUT2D eigenvalue weighted by molar-refractivity contribution is 0.0936. The summed E-state index contributed by atoms with van der Waals surface area (Å²) >= 11 is 1.65. The topological polar surface area (TPSA) is 78.1 Å². The van der Waals surface area contributed by atoms with Gasteiger partial charge in [-0.1, -0.05) is 6.07 Å². The summed E-state index contributed by atoms with van der Waals surface area (Å²) in [6.45, 7) is 0.479. The SMILES string of the molecule is CN(C)[C@H](CNC(=O)c1ccc(=O)[nH]n1)c1cccs1. The zero-order valence-corrected chi connectivity index (χ0v) is 12.1. The van der Waals surface area contributed by atoms with Crippen LogP contribution in [0.1, 0.15) is 21.4 Å². The highest BCUT2D eigenvalue weighted by molar-refractivity contribution is 7.10. The monoisotopic (exact) mass is 292 g/mol. The molecule has 0 aromatic carbocycles. The van der Waals surface area contributed by atoms with Crippen molar-refractivity contribution >= 4 is 17.2 Å². The van der Waals surface area contributed by atoms with Crippen LogP contribution in [0, 0.1) is 0 Å². The second-order valence-electron chi connectivity index (χ2n) is 4.51. The summed E-state index contributed by atoms with van der Waals surface area (Å²) in [4.78, 5) is 26.1. The summed E-state index contributed by atoms with van der Waals surface area (Å²) in [5.41, 5.74) is -0.125. The van der Waals surface area contributed by atoms with Gasteiger partial charge in [-0.3, -0.25) is 9.59 Å². The van der Waals surface area contributed by atoms with Gasteiger partial charge in [-0.05, 0) is 31.6 Å². The van der Waals surface area contributed by atoms with Gasteiger partial charge >= 0.3 is 0 Å². The summed E-state index contributed by atoms with van der Waals surface area (Å²) < 4.78 is 0. The van der Waals surface area contributed by atoms with Gasteiger partial charge in [0.1, 0.15) is 5.69 Å². The molecule has 20 heavy (non-hydrogen) atoms. The highest BCUT2D eigenvalue weighted by atomic mass is 32.1. The molecule has 0 unspecified atom stereocenters. The molecule has 0 aliphatic heterocycles. The number of likely N-dealkylation sites (N-methyl/N-ethyl adjacent to an activating group) is 1. The van der Waals surface area contributed by atoms with Crippen molar-refractivity contribution in [3.63, 3.8) is 0 Å². The second-order valence-corrected chi connectivity index (χ2v) is 5.49. The molecule has 1 amide bonds. The molecule has 0 saturated heterocycles.